The van der Waals surface area contributed by atoms with E-state index in [-0.39, 0.29) is 5.91 Å². The molecule has 2 aromatic heterocycles. The number of amides is 1. The number of benzene rings is 1. The number of carbonyl (C=O) groups is 1. The van der Waals surface area contributed by atoms with Gasteiger partial charge in [-0.1, -0.05) is 26.0 Å². The first-order chi connectivity index (χ1) is 13.5. The number of aromatic nitrogens is 3. The molecule has 1 aliphatic rings. The number of nitrogens with one attached hydrogen (secondary N) is 1. The van der Waals surface area contributed by atoms with E-state index in [4.69, 9.17) is 0 Å². The van der Waals surface area contributed by atoms with Crippen LogP contribution in [0.2, 0.25) is 0 Å². The zero-order valence-electron chi connectivity index (χ0n) is 17.2. The fourth-order valence-electron chi connectivity index (χ4n) is 2.89. The first-order valence-electron chi connectivity index (χ1n) is 9.58. The highest BCUT2D eigenvalue weighted by Crippen LogP contribution is 2.34. The van der Waals surface area contributed by atoms with Crippen LogP contribution >= 0.6 is 0 Å². The van der Waals surface area contributed by atoms with Crippen molar-refractivity contribution in [1.29, 1.82) is 0 Å². The normalized spacial score (nSPS) is 12.9. The minimum absolute atomic E-state index is 0.281. The predicted molar refractivity (Wildman–Crippen MR) is 113 cm³/mol. The Balaban J connectivity index is 0.000000419. The number of anilines is 1. The van der Waals surface area contributed by atoms with E-state index < -0.39 is 0 Å². The topological polar surface area (TPSA) is 82.1 Å². The van der Waals surface area contributed by atoms with E-state index in [2.05, 4.69) is 15.2 Å². The Morgan fingerprint density at radius 3 is 2.50 bits per heavy atom. The molecule has 148 valence electrons. The average molecular weight is 380 g/mol. The first kappa shape index (κ1) is 21.3. The van der Waals surface area contributed by atoms with Gasteiger partial charge in [0, 0.05) is 29.3 Å². The number of carbonyl (C=O) groups excluding carboxylic acids is 1. The van der Waals surface area contributed by atoms with Gasteiger partial charge in [0.15, 0.2) is 0 Å². The third-order valence-electron chi connectivity index (χ3n) is 4.34. The van der Waals surface area contributed by atoms with Gasteiger partial charge in [0.1, 0.15) is 5.69 Å². The molecule has 0 saturated heterocycles. The molecule has 28 heavy (non-hydrogen) atoms. The van der Waals surface area contributed by atoms with E-state index in [1.54, 1.807) is 12.3 Å². The minimum Gasteiger partial charge on any atom is -0.281 e. The molecule has 2 N–H and O–H groups in total. The highest BCUT2D eigenvalue weighted by Gasteiger charge is 2.24. The number of aryl methyl sites for hydroxylation is 2. The largest absolute Gasteiger partial charge is 0.281 e. The molecule has 3 aromatic rings. The van der Waals surface area contributed by atoms with Gasteiger partial charge in [0.2, 0.25) is 0 Å². The van der Waals surface area contributed by atoms with Crippen LogP contribution in [0.4, 0.5) is 5.69 Å². The number of H-pyrrole nitrogens is 1. The number of hydroxylamine groups is 1. The molecule has 1 amide bonds. The van der Waals surface area contributed by atoms with Gasteiger partial charge in [-0.25, -0.2) is 0 Å². The van der Waals surface area contributed by atoms with Gasteiger partial charge in [-0.15, -0.1) is 0 Å². The number of pyridine rings is 1. The molecule has 1 aromatic carbocycles. The molecule has 3 heterocycles. The summed E-state index contributed by atoms with van der Waals surface area (Å²) in [5.74, 6) is -0.281. The van der Waals surface area contributed by atoms with E-state index in [1.807, 2.05) is 65.0 Å². The summed E-state index contributed by atoms with van der Waals surface area (Å²) in [4.78, 5) is 15.8. The minimum atomic E-state index is -0.281. The zero-order valence-corrected chi connectivity index (χ0v) is 17.2. The lowest BCUT2D eigenvalue weighted by Crippen LogP contribution is -2.31. The number of fused-ring (bicyclic) bond motifs is 2. The van der Waals surface area contributed by atoms with E-state index in [1.165, 1.54) is 0 Å². The van der Waals surface area contributed by atoms with E-state index in [0.717, 1.165) is 38.5 Å². The van der Waals surface area contributed by atoms with Gasteiger partial charge in [0.05, 0.1) is 11.2 Å². The highest BCUT2D eigenvalue weighted by molar-refractivity contribution is 6.00. The Labute approximate surface area is 165 Å². The Kier molecular flexibility index (Phi) is 7.46. The van der Waals surface area contributed by atoms with Crippen LogP contribution < -0.4 is 5.06 Å². The quantitative estimate of drug-likeness (QED) is 0.448. The fourth-order valence-corrected chi connectivity index (χ4v) is 2.89. The SMILES string of the molecule is C/C=C\C.CC.Cc1cc(-c2n[nH]c3cc4c(cc23)CCC(=O)N4O)ccn1. The van der Waals surface area contributed by atoms with Crippen LogP contribution in [0.25, 0.3) is 22.2 Å². The fraction of sp³-hybridized carbons (Fsp3) is 0.318. The molecule has 6 nitrogen and oxygen atoms in total. The number of allylic oxidation sites excluding steroid dienone is 2. The molecule has 6 heteroatoms. The Hall–Kier alpha value is -2.99. The molecule has 0 fully saturated rings. The highest BCUT2D eigenvalue weighted by atomic mass is 16.5. The van der Waals surface area contributed by atoms with Crippen LogP contribution in [-0.4, -0.2) is 26.3 Å². The standard InChI is InChI=1S/C16H14N4O2.C4H8.C2H6/c1-9-6-11(4-5-17-9)16-12-7-10-2-3-15(21)20(22)14(10)8-13(12)18-19-16;1-3-4-2;1-2/h4-8,22H,2-3H2,1H3,(H,18,19);3-4H,1-2H3;1-2H3/b;4-3-;. The lowest BCUT2D eigenvalue weighted by molar-refractivity contribution is -0.124. The molecule has 0 bridgehead atoms. The molecule has 1 aliphatic heterocycles. The van der Waals surface area contributed by atoms with Gasteiger partial charge >= 0.3 is 0 Å². The number of rotatable bonds is 1. The third kappa shape index (κ3) is 4.46. The molecule has 0 radical (unpaired) electrons. The molecule has 0 unspecified atom stereocenters. The van der Waals surface area contributed by atoms with E-state index >= 15 is 0 Å². The Morgan fingerprint density at radius 1 is 1.14 bits per heavy atom. The van der Waals surface area contributed by atoms with Crippen molar-refractivity contribution in [3.05, 3.63) is 53.9 Å². The van der Waals surface area contributed by atoms with Gasteiger partial charge < -0.3 is 0 Å². The van der Waals surface area contributed by atoms with Crippen LogP contribution in [0.1, 0.15) is 45.4 Å². The second-order valence-electron chi connectivity index (χ2n) is 6.16. The van der Waals surface area contributed by atoms with E-state index in [9.17, 15) is 10.0 Å². The maximum absolute atomic E-state index is 11.6. The molecule has 4 rings (SSSR count). The van der Waals surface area contributed by atoms with Gasteiger partial charge in [-0.3, -0.25) is 20.1 Å². The van der Waals surface area contributed by atoms with Crippen LogP contribution in [0.3, 0.4) is 0 Å². The monoisotopic (exact) mass is 380 g/mol. The summed E-state index contributed by atoms with van der Waals surface area (Å²) in [6.07, 6.45) is 6.70. The molecule has 0 saturated carbocycles. The first-order valence-corrected chi connectivity index (χ1v) is 9.58. The maximum Gasteiger partial charge on any atom is 0.251 e. The summed E-state index contributed by atoms with van der Waals surface area (Å²) in [7, 11) is 0. The summed E-state index contributed by atoms with van der Waals surface area (Å²) >= 11 is 0. The lowest BCUT2D eigenvalue weighted by atomic mass is 9.98. The second-order valence-corrected chi connectivity index (χ2v) is 6.16. The molecule has 0 atom stereocenters. The van der Waals surface area contributed by atoms with Gasteiger partial charge in [-0.2, -0.15) is 10.2 Å². The van der Waals surface area contributed by atoms with Crippen molar-refractivity contribution in [2.45, 2.75) is 47.5 Å². The average Bonchev–Trinajstić information content (AvgIpc) is 3.14. The number of hydrogen-bond donors (Lipinski definition) is 2. The summed E-state index contributed by atoms with van der Waals surface area (Å²) in [5.41, 5.74) is 5.04. The Morgan fingerprint density at radius 2 is 1.86 bits per heavy atom. The number of nitrogens with zero attached hydrogens (tertiary/aromatic N) is 3. The molecule has 0 spiro atoms. The third-order valence-corrected chi connectivity index (χ3v) is 4.34. The summed E-state index contributed by atoms with van der Waals surface area (Å²) in [6, 6.07) is 7.67. The molecular formula is C22H28N4O2. The van der Waals surface area contributed by atoms with Gasteiger partial charge in [-0.05, 0) is 57.0 Å². The molecule has 0 aliphatic carbocycles. The van der Waals surface area contributed by atoms with Crippen molar-refractivity contribution in [3.8, 4) is 11.3 Å². The van der Waals surface area contributed by atoms with Crippen LogP contribution in [0.5, 0.6) is 0 Å². The Bertz CT molecular complexity index is 972. The molecular weight excluding hydrogens is 352 g/mol. The lowest BCUT2D eigenvalue weighted by Gasteiger charge is -2.23. The number of aromatic amines is 1. The number of hydrogen-bond acceptors (Lipinski definition) is 4. The van der Waals surface area contributed by atoms with Gasteiger partial charge in [0.25, 0.3) is 5.91 Å². The van der Waals surface area contributed by atoms with Crippen molar-refractivity contribution in [2.75, 3.05) is 5.06 Å². The zero-order chi connectivity index (χ0) is 20.7. The summed E-state index contributed by atoms with van der Waals surface area (Å²) < 4.78 is 0. The van der Waals surface area contributed by atoms with Crippen molar-refractivity contribution in [1.82, 2.24) is 15.2 Å². The van der Waals surface area contributed by atoms with Crippen molar-refractivity contribution >= 4 is 22.5 Å². The van der Waals surface area contributed by atoms with Crippen molar-refractivity contribution in [2.24, 2.45) is 0 Å². The van der Waals surface area contributed by atoms with Crippen molar-refractivity contribution < 1.29 is 10.0 Å². The van der Waals surface area contributed by atoms with Crippen LogP contribution in [0, 0.1) is 6.92 Å². The summed E-state index contributed by atoms with van der Waals surface area (Å²) in [6.45, 7) is 9.94. The maximum atomic E-state index is 11.6. The smallest absolute Gasteiger partial charge is 0.251 e. The van der Waals surface area contributed by atoms with Crippen molar-refractivity contribution in [3.63, 3.8) is 0 Å². The summed E-state index contributed by atoms with van der Waals surface area (Å²) in [5, 5.41) is 19.0. The van der Waals surface area contributed by atoms with E-state index in [0.29, 0.717) is 18.5 Å². The van der Waals surface area contributed by atoms with Crippen LogP contribution in [-0.2, 0) is 11.2 Å². The van der Waals surface area contributed by atoms with Crippen LogP contribution in [0.15, 0.2) is 42.6 Å². The predicted octanol–water partition coefficient (Wildman–Crippen LogP) is 5.21. The second kappa shape index (κ2) is 9.80.